The summed E-state index contributed by atoms with van der Waals surface area (Å²) in [5.41, 5.74) is 0.754. The highest BCUT2D eigenvalue weighted by Gasteiger charge is 2.28. The molecule has 0 spiro atoms. The summed E-state index contributed by atoms with van der Waals surface area (Å²) in [5, 5.41) is 8.40. The average Bonchev–Trinajstić information content (AvgIpc) is 2.66. The molecule has 1 atom stereocenters. The lowest BCUT2D eigenvalue weighted by atomic mass is 9.96. The van der Waals surface area contributed by atoms with Gasteiger partial charge in [0.2, 0.25) is 11.8 Å². The number of para-hydroxylation sites is 1. The summed E-state index contributed by atoms with van der Waals surface area (Å²) in [7, 11) is 0. The molecule has 1 aromatic rings. The first-order chi connectivity index (χ1) is 12.5. The molecule has 3 N–H and O–H groups in total. The van der Waals surface area contributed by atoms with Crippen LogP contribution in [0.15, 0.2) is 30.3 Å². The molecule has 0 bridgehead atoms. The van der Waals surface area contributed by atoms with Crippen LogP contribution in [0.4, 0.5) is 10.5 Å². The van der Waals surface area contributed by atoms with E-state index in [1.165, 1.54) is 0 Å². The van der Waals surface area contributed by atoms with Crippen molar-refractivity contribution >= 4 is 23.5 Å². The van der Waals surface area contributed by atoms with Gasteiger partial charge in [0.25, 0.3) is 0 Å². The topological polar surface area (TPSA) is 90.5 Å². The van der Waals surface area contributed by atoms with Crippen molar-refractivity contribution in [2.24, 2.45) is 5.92 Å². The lowest BCUT2D eigenvalue weighted by molar-refractivity contribution is -0.131. The van der Waals surface area contributed by atoms with Gasteiger partial charge in [0.1, 0.15) is 6.04 Å². The maximum Gasteiger partial charge on any atom is 0.321 e. The first-order valence-corrected chi connectivity index (χ1v) is 9.20. The molecule has 1 aliphatic rings. The number of hydrogen-bond acceptors (Lipinski definition) is 3. The second-order valence-corrected chi connectivity index (χ2v) is 6.58. The van der Waals surface area contributed by atoms with Crippen LogP contribution < -0.4 is 16.0 Å². The van der Waals surface area contributed by atoms with Crippen LogP contribution in [-0.2, 0) is 9.59 Å². The molecule has 1 aliphatic heterocycles. The molecule has 0 aliphatic carbocycles. The highest BCUT2D eigenvalue weighted by atomic mass is 16.2. The van der Waals surface area contributed by atoms with Crippen molar-refractivity contribution in [2.45, 2.75) is 39.2 Å². The Hall–Kier alpha value is -2.57. The van der Waals surface area contributed by atoms with Gasteiger partial charge in [0.15, 0.2) is 0 Å². The number of likely N-dealkylation sites (tertiary alicyclic amines) is 1. The zero-order chi connectivity index (χ0) is 18.9. The van der Waals surface area contributed by atoms with Crippen molar-refractivity contribution < 1.29 is 14.4 Å². The second kappa shape index (κ2) is 9.79. The molecule has 7 heteroatoms. The Labute approximate surface area is 154 Å². The predicted molar refractivity (Wildman–Crippen MR) is 101 cm³/mol. The van der Waals surface area contributed by atoms with Crippen molar-refractivity contribution in [2.75, 3.05) is 25.0 Å². The Morgan fingerprint density at radius 2 is 1.81 bits per heavy atom. The summed E-state index contributed by atoms with van der Waals surface area (Å²) in [4.78, 5) is 38.2. The van der Waals surface area contributed by atoms with Crippen LogP contribution in [0.1, 0.15) is 33.1 Å². The van der Waals surface area contributed by atoms with Crippen LogP contribution in [0.25, 0.3) is 0 Å². The van der Waals surface area contributed by atoms with Crippen LogP contribution in [0.5, 0.6) is 0 Å². The fraction of sp³-hybridized carbons (Fsp3) is 0.526. The molecule has 0 aromatic heterocycles. The lowest BCUT2D eigenvalue weighted by Crippen LogP contribution is -2.49. The van der Waals surface area contributed by atoms with Gasteiger partial charge in [-0.15, -0.1) is 0 Å². The average molecular weight is 360 g/mol. The number of piperidine rings is 1. The smallest absolute Gasteiger partial charge is 0.321 e. The highest BCUT2D eigenvalue weighted by Crippen LogP contribution is 2.18. The number of benzene rings is 1. The largest absolute Gasteiger partial charge is 0.354 e. The van der Waals surface area contributed by atoms with Gasteiger partial charge in [-0.3, -0.25) is 9.59 Å². The number of urea groups is 1. The van der Waals surface area contributed by atoms with Gasteiger partial charge in [-0.05, 0) is 38.3 Å². The monoisotopic (exact) mass is 360 g/mol. The second-order valence-electron chi connectivity index (χ2n) is 6.58. The quantitative estimate of drug-likeness (QED) is 0.724. The zero-order valence-corrected chi connectivity index (χ0v) is 15.5. The van der Waals surface area contributed by atoms with Crippen molar-refractivity contribution in [3.05, 3.63) is 30.3 Å². The van der Waals surface area contributed by atoms with E-state index in [0.29, 0.717) is 32.5 Å². The molecule has 0 radical (unpaired) electrons. The van der Waals surface area contributed by atoms with Gasteiger partial charge < -0.3 is 20.9 Å². The number of carbonyl (C=O) groups excluding carboxylic acids is 3. The van der Waals surface area contributed by atoms with Gasteiger partial charge in [-0.1, -0.05) is 25.1 Å². The lowest BCUT2D eigenvalue weighted by Gasteiger charge is -2.31. The fourth-order valence-electron chi connectivity index (χ4n) is 2.87. The molecular weight excluding hydrogens is 332 g/mol. The maximum absolute atomic E-state index is 12.3. The summed E-state index contributed by atoms with van der Waals surface area (Å²) in [6.45, 7) is 5.31. The van der Waals surface area contributed by atoms with Gasteiger partial charge in [0.05, 0.1) is 0 Å². The van der Waals surface area contributed by atoms with E-state index in [1.807, 2.05) is 37.3 Å². The third-order valence-electron chi connectivity index (χ3n) is 4.48. The normalized spacial score (nSPS) is 15.8. The van der Waals surface area contributed by atoms with E-state index < -0.39 is 6.04 Å². The van der Waals surface area contributed by atoms with Gasteiger partial charge in [-0.25, -0.2) is 4.79 Å². The maximum atomic E-state index is 12.3. The number of amides is 4. The summed E-state index contributed by atoms with van der Waals surface area (Å²) in [5.74, 6) is -0.454. The summed E-state index contributed by atoms with van der Waals surface area (Å²) in [6.07, 6.45) is 2.05. The third-order valence-corrected chi connectivity index (χ3v) is 4.48. The van der Waals surface area contributed by atoms with E-state index in [4.69, 9.17) is 0 Å². The Bertz CT molecular complexity index is 612. The third kappa shape index (κ3) is 5.75. The van der Waals surface area contributed by atoms with Crippen LogP contribution in [-0.4, -0.2) is 48.4 Å². The minimum atomic E-state index is -0.548. The van der Waals surface area contributed by atoms with Crippen molar-refractivity contribution in [1.29, 1.82) is 0 Å². The predicted octanol–water partition coefficient (Wildman–Crippen LogP) is 1.96. The number of carbonyl (C=O) groups is 3. The molecule has 4 amide bonds. The molecule has 1 fully saturated rings. The molecule has 7 nitrogen and oxygen atoms in total. The Kier molecular flexibility index (Phi) is 7.44. The number of hydrogen-bond donors (Lipinski definition) is 3. The molecule has 0 unspecified atom stereocenters. The molecule has 1 saturated heterocycles. The van der Waals surface area contributed by atoms with E-state index in [1.54, 1.807) is 11.8 Å². The van der Waals surface area contributed by atoms with Gasteiger partial charge in [-0.2, -0.15) is 0 Å². The van der Waals surface area contributed by atoms with E-state index in [9.17, 15) is 14.4 Å². The van der Waals surface area contributed by atoms with Crippen molar-refractivity contribution in [1.82, 2.24) is 15.5 Å². The van der Waals surface area contributed by atoms with Crippen LogP contribution in [0.2, 0.25) is 0 Å². The van der Waals surface area contributed by atoms with E-state index in [2.05, 4.69) is 16.0 Å². The van der Waals surface area contributed by atoms with Crippen LogP contribution in [0, 0.1) is 5.92 Å². The zero-order valence-electron chi connectivity index (χ0n) is 15.5. The van der Waals surface area contributed by atoms with Gasteiger partial charge >= 0.3 is 6.03 Å². The number of nitrogens with zero attached hydrogens (tertiary/aromatic N) is 1. The van der Waals surface area contributed by atoms with Crippen LogP contribution >= 0.6 is 0 Å². The molecule has 142 valence electrons. The van der Waals surface area contributed by atoms with E-state index in [0.717, 1.165) is 12.1 Å². The Morgan fingerprint density at radius 3 is 2.42 bits per heavy atom. The number of nitrogens with one attached hydrogen (secondary N) is 3. The fourth-order valence-corrected chi connectivity index (χ4v) is 2.87. The molecule has 1 aromatic carbocycles. The molecule has 2 rings (SSSR count). The molecule has 1 heterocycles. The summed E-state index contributed by atoms with van der Waals surface area (Å²) < 4.78 is 0. The minimum Gasteiger partial charge on any atom is -0.354 e. The Morgan fingerprint density at radius 1 is 1.15 bits per heavy atom. The highest BCUT2D eigenvalue weighted by molar-refractivity contribution is 5.90. The SMILES string of the molecule is CCCNC(=O)[C@H](C)NC(=O)C1CCN(C(=O)Nc2ccccc2)CC1. The summed E-state index contributed by atoms with van der Waals surface area (Å²) in [6, 6.07) is 8.60. The standard InChI is InChI=1S/C19H28N4O3/c1-3-11-20-17(24)14(2)21-18(25)15-9-12-23(13-10-15)19(26)22-16-7-5-4-6-8-16/h4-8,14-15H,3,9-13H2,1-2H3,(H,20,24)(H,21,25)(H,22,26)/t14-/m0/s1. The minimum absolute atomic E-state index is 0.118. The van der Waals surface area contributed by atoms with Crippen LogP contribution in [0.3, 0.4) is 0 Å². The van der Waals surface area contributed by atoms with Crippen molar-refractivity contribution in [3.63, 3.8) is 0 Å². The summed E-state index contributed by atoms with van der Waals surface area (Å²) >= 11 is 0. The molecular formula is C19H28N4O3. The van der Waals surface area contributed by atoms with Gasteiger partial charge in [0, 0.05) is 31.2 Å². The van der Waals surface area contributed by atoms with Crippen molar-refractivity contribution in [3.8, 4) is 0 Å². The molecule has 26 heavy (non-hydrogen) atoms. The number of anilines is 1. The van der Waals surface area contributed by atoms with E-state index in [-0.39, 0.29) is 23.8 Å². The van der Waals surface area contributed by atoms with E-state index >= 15 is 0 Å². The number of rotatable bonds is 6. The molecule has 0 saturated carbocycles. The first-order valence-electron chi connectivity index (χ1n) is 9.20. The Balaban J connectivity index is 1.75. The first kappa shape index (κ1) is 19.8.